The van der Waals surface area contributed by atoms with Crippen LogP contribution in [-0.2, 0) is 9.53 Å². The number of anilines is 2. The molecule has 4 rings (SSSR count). The number of carbonyl (C=O) groups excluding carboxylic acids is 3. The molecule has 1 heterocycles. The van der Waals surface area contributed by atoms with Crippen molar-refractivity contribution in [3.8, 4) is 23.0 Å². The molecule has 3 amide bonds. The van der Waals surface area contributed by atoms with Crippen LogP contribution in [0.5, 0.6) is 23.0 Å². The quantitative estimate of drug-likeness (QED) is 0.108. The monoisotopic (exact) mass is 660 g/mol. The van der Waals surface area contributed by atoms with Crippen molar-refractivity contribution in [1.82, 2.24) is 10.2 Å². The molecule has 258 valence electrons. The number of likely N-dealkylation sites (tertiary alicyclic amines) is 1. The summed E-state index contributed by atoms with van der Waals surface area (Å²) in [7, 11) is 1.54. The number of methoxy groups -OCH3 is 1. The lowest BCUT2D eigenvalue weighted by Gasteiger charge is -2.32. The van der Waals surface area contributed by atoms with E-state index in [1.54, 1.807) is 54.6 Å². The van der Waals surface area contributed by atoms with Gasteiger partial charge < -0.3 is 39.8 Å². The van der Waals surface area contributed by atoms with E-state index in [4.69, 9.17) is 18.9 Å². The normalized spacial score (nSPS) is 13.4. The van der Waals surface area contributed by atoms with Gasteiger partial charge in [0.1, 0.15) is 17.6 Å². The zero-order valence-corrected chi connectivity index (χ0v) is 28.4. The molecule has 0 aromatic heterocycles. The van der Waals surface area contributed by atoms with Crippen LogP contribution in [0.2, 0.25) is 0 Å². The van der Waals surface area contributed by atoms with Crippen LogP contribution in [0.1, 0.15) is 69.7 Å². The van der Waals surface area contributed by atoms with Crippen molar-refractivity contribution in [2.24, 2.45) is 0 Å². The molecule has 0 bridgehead atoms. The van der Waals surface area contributed by atoms with Crippen LogP contribution in [0.3, 0.4) is 0 Å². The number of ether oxygens (including phenoxy) is 4. The SMILES string of the molecule is CCC(CC)NC(=O)Nc1ccc(Oc2ccc(NC(=O)c3ccc(OC4CCN(CCCCOC(C)=O)CC4)cc3)cc2)c(OC)c1. The molecular weight excluding hydrogens is 612 g/mol. The van der Waals surface area contributed by atoms with Crippen LogP contribution < -0.4 is 30.2 Å². The smallest absolute Gasteiger partial charge is 0.319 e. The molecule has 3 aromatic carbocycles. The molecule has 1 fully saturated rings. The number of urea groups is 1. The summed E-state index contributed by atoms with van der Waals surface area (Å²) in [5, 5.41) is 8.70. The lowest BCUT2D eigenvalue weighted by atomic mass is 10.1. The van der Waals surface area contributed by atoms with Crippen LogP contribution in [0, 0.1) is 0 Å². The molecule has 0 unspecified atom stereocenters. The lowest BCUT2D eigenvalue weighted by molar-refractivity contribution is -0.141. The topological polar surface area (TPSA) is 127 Å². The van der Waals surface area contributed by atoms with Gasteiger partial charge in [-0.3, -0.25) is 9.59 Å². The summed E-state index contributed by atoms with van der Waals surface area (Å²) >= 11 is 0. The van der Waals surface area contributed by atoms with Crippen LogP contribution in [0.25, 0.3) is 0 Å². The Labute approximate surface area is 283 Å². The van der Waals surface area contributed by atoms with E-state index in [0.29, 0.717) is 40.8 Å². The molecule has 1 saturated heterocycles. The van der Waals surface area contributed by atoms with Crippen LogP contribution >= 0.6 is 0 Å². The Balaban J connectivity index is 1.21. The largest absolute Gasteiger partial charge is 0.493 e. The average Bonchev–Trinajstić information content (AvgIpc) is 3.09. The number of nitrogens with one attached hydrogen (secondary N) is 3. The second-order valence-electron chi connectivity index (χ2n) is 11.8. The van der Waals surface area contributed by atoms with Gasteiger partial charge in [0.15, 0.2) is 11.5 Å². The number of unbranched alkanes of at least 4 members (excludes halogenated alkanes) is 1. The van der Waals surface area contributed by atoms with Crippen molar-refractivity contribution in [3.05, 3.63) is 72.3 Å². The van der Waals surface area contributed by atoms with Gasteiger partial charge >= 0.3 is 12.0 Å². The van der Waals surface area contributed by atoms with Crippen molar-refractivity contribution < 1.29 is 33.3 Å². The maximum absolute atomic E-state index is 12.9. The van der Waals surface area contributed by atoms with Crippen molar-refractivity contribution in [2.75, 3.05) is 44.0 Å². The third kappa shape index (κ3) is 11.5. The molecule has 1 aliphatic heterocycles. The summed E-state index contributed by atoms with van der Waals surface area (Å²) < 4.78 is 22.7. The van der Waals surface area contributed by atoms with E-state index in [2.05, 4.69) is 20.9 Å². The van der Waals surface area contributed by atoms with Gasteiger partial charge in [-0.15, -0.1) is 0 Å². The first-order chi connectivity index (χ1) is 23.3. The second kappa shape index (κ2) is 18.5. The van der Waals surface area contributed by atoms with Gasteiger partial charge in [0.2, 0.25) is 0 Å². The Bertz CT molecular complexity index is 1470. The predicted octanol–water partition coefficient (Wildman–Crippen LogP) is 7.24. The van der Waals surface area contributed by atoms with Crippen LogP contribution in [-0.4, -0.2) is 68.3 Å². The Morgan fingerprint density at radius 1 is 0.833 bits per heavy atom. The molecule has 0 saturated carbocycles. The molecular formula is C37H48N4O7. The van der Waals surface area contributed by atoms with Gasteiger partial charge in [0.05, 0.1) is 13.7 Å². The Morgan fingerprint density at radius 2 is 1.50 bits per heavy atom. The standard InChI is InChI=1S/C37H48N4O7/c1-5-28(6-2)39-37(44)40-30-13-18-34(35(25-30)45-4)48-32-16-11-29(12-17-32)38-36(43)27-9-14-31(15-10-27)47-33-19-22-41(23-20-33)21-7-8-24-46-26(3)42/h9-18,25,28,33H,5-8,19-24H2,1-4H3,(H,38,43)(H2,39,40,44). The number of amides is 3. The summed E-state index contributed by atoms with van der Waals surface area (Å²) in [5.41, 5.74) is 1.74. The maximum atomic E-state index is 12.9. The summed E-state index contributed by atoms with van der Waals surface area (Å²) in [6, 6.07) is 19.3. The van der Waals surface area contributed by atoms with Gasteiger partial charge in [-0.2, -0.15) is 0 Å². The van der Waals surface area contributed by atoms with Crippen molar-refractivity contribution in [3.63, 3.8) is 0 Å². The van der Waals surface area contributed by atoms with Gasteiger partial charge in [0.25, 0.3) is 5.91 Å². The van der Waals surface area contributed by atoms with Crippen LogP contribution in [0.15, 0.2) is 66.7 Å². The summed E-state index contributed by atoms with van der Waals surface area (Å²) in [6.45, 7) is 8.92. The zero-order chi connectivity index (χ0) is 34.3. The van der Waals surface area contributed by atoms with E-state index in [1.165, 1.54) is 14.0 Å². The maximum Gasteiger partial charge on any atom is 0.319 e. The number of carbonyl (C=O) groups is 3. The lowest BCUT2D eigenvalue weighted by Crippen LogP contribution is -2.38. The van der Waals surface area contributed by atoms with Crippen LogP contribution in [0.4, 0.5) is 16.2 Å². The molecule has 11 heteroatoms. The summed E-state index contributed by atoms with van der Waals surface area (Å²) in [6.07, 6.45) is 5.62. The number of esters is 1. The second-order valence-corrected chi connectivity index (χ2v) is 11.8. The molecule has 48 heavy (non-hydrogen) atoms. The van der Waals surface area contributed by atoms with E-state index < -0.39 is 0 Å². The number of piperidine rings is 1. The zero-order valence-electron chi connectivity index (χ0n) is 28.4. The van der Waals surface area contributed by atoms with E-state index in [0.717, 1.165) is 63.9 Å². The predicted molar refractivity (Wildman–Crippen MR) is 186 cm³/mol. The molecule has 11 nitrogen and oxygen atoms in total. The van der Waals surface area contributed by atoms with E-state index in [1.807, 2.05) is 26.0 Å². The molecule has 3 aromatic rings. The van der Waals surface area contributed by atoms with Crippen molar-refractivity contribution >= 4 is 29.3 Å². The minimum absolute atomic E-state index is 0.117. The molecule has 1 aliphatic rings. The highest BCUT2D eigenvalue weighted by molar-refractivity contribution is 6.04. The first-order valence-electron chi connectivity index (χ1n) is 16.7. The molecule has 3 N–H and O–H groups in total. The van der Waals surface area contributed by atoms with Gasteiger partial charge in [-0.1, -0.05) is 13.8 Å². The number of nitrogens with zero attached hydrogens (tertiary/aromatic N) is 1. The Kier molecular flexibility index (Phi) is 13.9. The molecule has 0 atom stereocenters. The highest BCUT2D eigenvalue weighted by atomic mass is 16.5. The Hall–Kier alpha value is -4.77. The minimum atomic E-state index is -0.268. The van der Waals surface area contributed by atoms with Gasteiger partial charge in [-0.25, -0.2) is 4.79 Å². The fourth-order valence-electron chi connectivity index (χ4n) is 5.39. The van der Waals surface area contributed by atoms with E-state index >= 15 is 0 Å². The third-order valence-corrected chi connectivity index (χ3v) is 8.21. The van der Waals surface area contributed by atoms with Gasteiger partial charge in [-0.05, 0) is 106 Å². The van der Waals surface area contributed by atoms with E-state index in [-0.39, 0.29) is 30.1 Å². The molecule has 0 radical (unpaired) electrons. The fourth-order valence-corrected chi connectivity index (χ4v) is 5.39. The number of rotatable bonds is 16. The molecule has 0 aliphatic carbocycles. The number of hydrogen-bond donors (Lipinski definition) is 3. The molecule has 0 spiro atoms. The first-order valence-corrected chi connectivity index (χ1v) is 16.7. The van der Waals surface area contributed by atoms with Crippen molar-refractivity contribution in [2.45, 2.75) is 71.4 Å². The van der Waals surface area contributed by atoms with Gasteiger partial charge in [0, 0.05) is 49.1 Å². The van der Waals surface area contributed by atoms with E-state index in [9.17, 15) is 14.4 Å². The number of benzene rings is 3. The average molecular weight is 661 g/mol. The highest BCUT2D eigenvalue weighted by Crippen LogP contribution is 2.34. The van der Waals surface area contributed by atoms with Crippen molar-refractivity contribution in [1.29, 1.82) is 0 Å². The summed E-state index contributed by atoms with van der Waals surface area (Å²) in [4.78, 5) is 38.5. The Morgan fingerprint density at radius 3 is 2.15 bits per heavy atom. The minimum Gasteiger partial charge on any atom is -0.493 e. The summed E-state index contributed by atoms with van der Waals surface area (Å²) in [5.74, 6) is 1.81. The fraction of sp³-hybridized carbons (Fsp3) is 0.432. The number of hydrogen-bond acceptors (Lipinski definition) is 8. The third-order valence-electron chi connectivity index (χ3n) is 8.21. The first kappa shape index (κ1) is 36.1. The highest BCUT2D eigenvalue weighted by Gasteiger charge is 2.20.